The summed E-state index contributed by atoms with van der Waals surface area (Å²) in [6.45, 7) is 7.55. The number of aryl methyl sites for hydroxylation is 1. The molecule has 1 amide bonds. The van der Waals surface area contributed by atoms with E-state index >= 15 is 0 Å². The third-order valence-corrected chi connectivity index (χ3v) is 4.93. The van der Waals surface area contributed by atoms with Gasteiger partial charge in [-0.05, 0) is 44.4 Å². The maximum Gasteiger partial charge on any atom is 0.220 e. The molecule has 1 aliphatic heterocycles. The molecule has 0 saturated carbocycles. The van der Waals surface area contributed by atoms with E-state index < -0.39 is 0 Å². The Hall–Kier alpha value is -1.88. The monoisotopic (exact) mass is 328 g/mol. The second-order valence-corrected chi connectivity index (χ2v) is 7.10. The van der Waals surface area contributed by atoms with Crippen LogP contribution in [0.3, 0.4) is 0 Å². The lowest BCUT2D eigenvalue weighted by Gasteiger charge is -2.35. The third-order valence-electron chi connectivity index (χ3n) is 4.93. The van der Waals surface area contributed by atoms with E-state index in [4.69, 9.17) is 0 Å². The van der Waals surface area contributed by atoms with Crippen LogP contribution in [-0.4, -0.2) is 46.5 Å². The number of nitrogens with zero attached hydrogens (tertiary/aromatic N) is 2. The van der Waals surface area contributed by atoms with Crippen molar-refractivity contribution in [3.63, 3.8) is 0 Å². The van der Waals surface area contributed by atoms with E-state index in [0.717, 1.165) is 42.4 Å². The summed E-state index contributed by atoms with van der Waals surface area (Å²) in [6.07, 6.45) is 3.72. The summed E-state index contributed by atoms with van der Waals surface area (Å²) in [6, 6.07) is 8.36. The van der Waals surface area contributed by atoms with Crippen LogP contribution in [0.15, 0.2) is 24.3 Å². The fourth-order valence-corrected chi connectivity index (χ4v) is 3.46. The lowest BCUT2D eigenvalue weighted by molar-refractivity contribution is -0.121. The minimum absolute atomic E-state index is 0.104. The molecule has 5 nitrogen and oxygen atoms in total. The van der Waals surface area contributed by atoms with Crippen LogP contribution in [0.1, 0.15) is 38.9 Å². The molecule has 1 fully saturated rings. The maximum atomic E-state index is 12.1. The van der Waals surface area contributed by atoms with Gasteiger partial charge < -0.3 is 10.3 Å². The van der Waals surface area contributed by atoms with Crippen LogP contribution in [0.5, 0.6) is 0 Å². The zero-order valence-electron chi connectivity index (χ0n) is 14.7. The van der Waals surface area contributed by atoms with Crippen LogP contribution in [0.4, 0.5) is 0 Å². The molecular weight excluding hydrogens is 300 g/mol. The molecule has 2 aromatic rings. The number of H-pyrrole nitrogens is 1. The highest BCUT2D eigenvalue weighted by molar-refractivity contribution is 5.77. The summed E-state index contributed by atoms with van der Waals surface area (Å²) in [5, 5.41) is 3.08. The molecule has 0 radical (unpaired) electrons. The van der Waals surface area contributed by atoms with Gasteiger partial charge in [0.25, 0.3) is 0 Å². The molecule has 0 aliphatic carbocycles. The molecule has 2 N–H and O–H groups in total. The van der Waals surface area contributed by atoms with Crippen molar-refractivity contribution in [3.8, 4) is 0 Å². The molecule has 1 aliphatic rings. The molecule has 5 heteroatoms. The van der Waals surface area contributed by atoms with Gasteiger partial charge in [-0.15, -0.1) is 0 Å². The molecular formula is C19H28N4O. The average molecular weight is 328 g/mol. The Morgan fingerprint density at radius 2 is 2.29 bits per heavy atom. The van der Waals surface area contributed by atoms with Gasteiger partial charge in [0.15, 0.2) is 0 Å². The zero-order valence-corrected chi connectivity index (χ0v) is 14.7. The highest BCUT2D eigenvalue weighted by Crippen LogP contribution is 2.17. The number of amides is 1. The number of hydrogen-bond donors (Lipinski definition) is 2. The van der Waals surface area contributed by atoms with Crippen molar-refractivity contribution in [1.82, 2.24) is 20.2 Å². The highest BCUT2D eigenvalue weighted by Gasteiger charge is 2.21. The zero-order chi connectivity index (χ0) is 16.9. The minimum Gasteiger partial charge on any atom is -0.355 e. The van der Waals surface area contributed by atoms with E-state index in [-0.39, 0.29) is 5.91 Å². The number of para-hydroxylation sites is 2. The fourth-order valence-electron chi connectivity index (χ4n) is 3.46. The number of likely N-dealkylation sites (tertiary alicyclic amines) is 1. The van der Waals surface area contributed by atoms with Gasteiger partial charge in [0.2, 0.25) is 5.91 Å². The molecule has 0 spiro atoms. The molecule has 1 saturated heterocycles. The number of carbonyl (C=O) groups excluding carboxylic acids is 1. The van der Waals surface area contributed by atoms with E-state index in [1.165, 1.54) is 12.8 Å². The summed E-state index contributed by atoms with van der Waals surface area (Å²) in [5.74, 6) is 1.75. The molecule has 24 heavy (non-hydrogen) atoms. The Morgan fingerprint density at radius 1 is 1.46 bits per heavy atom. The normalized spacial score (nSPS) is 20.2. The van der Waals surface area contributed by atoms with Crippen molar-refractivity contribution in [3.05, 3.63) is 30.1 Å². The molecule has 1 aromatic heterocycles. The Morgan fingerprint density at radius 3 is 3.08 bits per heavy atom. The first-order valence-electron chi connectivity index (χ1n) is 9.06. The second-order valence-electron chi connectivity index (χ2n) is 7.10. The van der Waals surface area contributed by atoms with E-state index in [0.29, 0.717) is 18.9 Å². The van der Waals surface area contributed by atoms with Gasteiger partial charge in [-0.3, -0.25) is 9.69 Å². The van der Waals surface area contributed by atoms with Crippen molar-refractivity contribution in [1.29, 1.82) is 0 Å². The summed E-state index contributed by atoms with van der Waals surface area (Å²) in [5.41, 5.74) is 1.99. The van der Waals surface area contributed by atoms with Crippen LogP contribution in [0, 0.1) is 5.92 Å². The van der Waals surface area contributed by atoms with E-state index in [1.807, 2.05) is 24.3 Å². The van der Waals surface area contributed by atoms with Crippen LogP contribution in [0.2, 0.25) is 0 Å². The van der Waals surface area contributed by atoms with Crippen LogP contribution in [0.25, 0.3) is 11.0 Å². The number of benzene rings is 1. The first-order chi connectivity index (χ1) is 11.6. The SMILES string of the molecule is C[C@@H]1CCCN([C@H](C)CNC(=O)CCc2nc3ccccc3[nH]2)C1. The van der Waals surface area contributed by atoms with Gasteiger partial charge in [-0.1, -0.05) is 19.1 Å². The molecule has 0 bridgehead atoms. The predicted molar refractivity (Wildman–Crippen MR) is 96.9 cm³/mol. The number of piperidine rings is 1. The number of aromatic amines is 1. The van der Waals surface area contributed by atoms with E-state index in [1.54, 1.807) is 0 Å². The first kappa shape index (κ1) is 17.0. The van der Waals surface area contributed by atoms with Crippen LogP contribution >= 0.6 is 0 Å². The summed E-state index contributed by atoms with van der Waals surface area (Å²) < 4.78 is 0. The summed E-state index contributed by atoms with van der Waals surface area (Å²) >= 11 is 0. The van der Waals surface area contributed by atoms with Gasteiger partial charge >= 0.3 is 0 Å². The van der Waals surface area contributed by atoms with Gasteiger partial charge in [-0.25, -0.2) is 4.98 Å². The van der Waals surface area contributed by atoms with Crippen LogP contribution in [-0.2, 0) is 11.2 Å². The number of fused-ring (bicyclic) bond motifs is 1. The Labute approximate surface area is 143 Å². The molecule has 2 atom stereocenters. The predicted octanol–water partition coefficient (Wildman–Crippen LogP) is 2.73. The fraction of sp³-hybridized carbons (Fsp3) is 0.579. The van der Waals surface area contributed by atoms with Gasteiger partial charge in [0.05, 0.1) is 11.0 Å². The summed E-state index contributed by atoms with van der Waals surface area (Å²) in [4.78, 5) is 22.4. The molecule has 0 unspecified atom stereocenters. The van der Waals surface area contributed by atoms with Gasteiger partial charge in [-0.2, -0.15) is 0 Å². The molecule has 3 rings (SSSR count). The first-order valence-corrected chi connectivity index (χ1v) is 9.06. The topological polar surface area (TPSA) is 61.0 Å². The number of carbonyl (C=O) groups is 1. The maximum absolute atomic E-state index is 12.1. The number of rotatable bonds is 6. The van der Waals surface area contributed by atoms with E-state index in [2.05, 4.69) is 34.0 Å². The minimum atomic E-state index is 0.104. The number of aromatic nitrogens is 2. The Balaban J connectivity index is 1.42. The van der Waals surface area contributed by atoms with Gasteiger partial charge in [0, 0.05) is 32.0 Å². The number of hydrogen-bond acceptors (Lipinski definition) is 3. The Kier molecular flexibility index (Phi) is 5.51. The molecule has 1 aromatic carbocycles. The van der Waals surface area contributed by atoms with Crippen molar-refractivity contribution in [2.45, 2.75) is 45.6 Å². The van der Waals surface area contributed by atoms with Crippen molar-refractivity contribution >= 4 is 16.9 Å². The number of nitrogens with one attached hydrogen (secondary N) is 2. The second kappa shape index (κ2) is 7.79. The van der Waals surface area contributed by atoms with Crippen molar-refractivity contribution in [2.75, 3.05) is 19.6 Å². The third kappa shape index (κ3) is 4.35. The Bertz CT molecular complexity index is 648. The quantitative estimate of drug-likeness (QED) is 0.857. The van der Waals surface area contributed by atoms with Crippen molar-refractivity contribution < 1.29 is 4.79 Å². The standard InChI is InChI=1S/C19H28N4O/c1-14-6-5-11-23(13-14)15(2)12-20-19(24)10-9-18-21-16-7-3-4-8-17(16)22-18/h3-4,7-8,14-15H,5-6,9-13H2,1-2H3,(H,20,24)(H,21,22)/t14-,15-/m1/s1. The highest BCUT2D eigenvalue weighted by atomic mass is 16.1. The average Bonchev–Trinajstić information content (AvgIpc) is 3.00. The molecule has 2 heterocycles. The molecule has 130 valence electrons. The van der Waals surface area contributed by atoms with Gasteiger partial charge in [0.1, 0.15) is 5.82 Å². The lowest BCUT2D eigenvalue weighted by Crippen LogP contribution is -2.46. The largest absolute Gasteiger partial charge is 0.355 e. The lowest BCUT2D eigenvalue weighted by atomic mass is 9.99. The van der Waals surface area contributed by atoms with Crippen molar-refractivity contribution in [2.24, 2.45) is 5.92 Å². The number of imidazole rings is 1. The summed E-state index contributed by atoms with van der Waals surface area (Å²) in [7, 11) is 0. The smallest absolute Gasteiger partial charge is 0.220 e. The van der Waals surface area contributed by atoms with Crippen LogP contribution < -0.4 is 5.32 Å². The van der Waals surface area contributed by atoms with E-state index in [9.17, 15) is 4.79 Å².